The Morgan fingerprint density at radius 2 is 2.18 bits per heavy atom. The minimum Gasteiger partial charge on any atom is -0.388 e. The van der Waals surface area contributed by atoms with Crippen molar-refractivity contribution in [3.8, 4) is 0 Å². The van der Waals surface area contributed by atoms with Crippen LogP contribution in [0.1, 0.15) is 37.4 Å². The normalized spacial score (nSPS) is 13.2. The number of hydrogen-bond acceptors (Lipinski definition) is 5. The van der Waals surface area contributed by atoms with Crippen molar-refractivity contribution in [3.05, 3.63) is 23.8 Å². The molecular formula is C10H16N6O. The number of aryl methyl sites for hydroxylation is 1. The standard InChI is InChI=1S/C10H16N6O/c1-7(2)16-6-8(5-11-16)9(17)4-10-12-14-15(3)13-10/h5-7,9,17H,4H2,1-3H3. The summed E-state index contributed by atoms with van der Waals surface area (Å²) in [7, 11) is 1.69. The average molecular weight is 236 g/mol. The average Bonchev–Trinajstić information content (AvgIpc) is 2.86. The first kappa shape index (κ1) is 11.7. The summed E-state index contributed by atoms with van der Waals surface area (Å²) in [6, 6.07) is 0.283. The highest BCUT2D eigenvalue weighted by atomic mass is 16.3. The molecule has 1 unspecified atom stereocenters. The van der Waals surface area contributed by atoms with Crippen LogP contribution in [0.3, 0.4) is 0 Å². The van der Waals surface area contributed by atoms with E-state index in [0.29, 0.717) is 12.2 Å². The van der Waals surface area contributed by atoms with Crippen molar-refractivity contribution in [3.63, 3.8) is 0 Å². The van der Waals surface area contributed by atoms with Gasteiger partial charge >= 0.3 is 0 Å². The molecule has 0 saturated heterocycles. The highest BCUT2D eigenvalue weighted by molar-refractivity contribution is 5.10. The van der Waals surface area contributed by atoms with Gasteiger partial charge < -0.3 is 5.11 Å². The van der Waals surface area contributed by atoms with Crippen LogP contribution in [0.4, 0.5) is 0 Å². The number of aliphatic hydroxyl groups is 1. The molecule has 2 heterocycles. The molecule has 0 bridgehead atoms. The van der Waals surface area contributed by atoms with Crippen LogP contribution in [-0.4, -0.2) is 35.1 Å². The third-order valence-corrected chi connectivity index (χ3v) is 2.46. The molecule has 0 fully saturated rings. The molecule has 1 N–H and O–H groups in total. The van der Waals surface area contributed by atoms with Gasteiger partial charge in [0.05, 0.1) is 19.3 Å². The van der Waals surface area contributed by atoms with E-state index in [1.807, 2.05) is 24.7 Å². The molecule has 0 radical (unpaired) electrons. The zero-order valence-electron chi connectivity index (χ0n) is 10.1. The second-order valence-electron chi connectivity index (χ2n) is 4.26. The highest BCUT2D eigenvalue weighted by Gasteiger charge is 2.14. The van der Waals surface area contributed by atoms with Crippen molar-refractivity contribution in [1.82, 2.24) is 30.0 Å². The predicted octanol–water partition coefficient (Wildman–Crippen LogP) is 0.264. The van der Waals surface area contributed by atoms with E-state index in [9.17, 15) is 5.11 Å². The molecule has 0 aliphatic heterocycles. The molecule has 2 aromatic heterocycles. The van der Waals surface area contributed by atoms with E-state index < -0.39 is 6.10 Å². The second-order valence-corrected chi connectivity index (χ2v) is 4.26. The van der Waals surface area contributed by atoms with Crippen LogP contribution in [0.15, 0.2) is 12.4 Å². The van der Waals surface area contributed by atoms with Gasteiger partial charge in [-0.05, 0) is 19.1 Å². The zero-order valence-corrected chi connectivity index (χ0v) is 10.1. The maximum atomic E-state index is 10.0. The maximum absolute atomic E-state index is 10.0. The van der Waals surface area contributed by atoms with E-state index in [1.54, 1.807) is 13.2 Å². The fourth-order valence-electron chi connectivity index (χ4n) is 1.50. The smallest absolute Gasteiger partial charge is 0.177 e. The van der Waals surface area contributed by atoms with Crippen molar-refractivity contribution >= 4 is 0 Å². The lowest BCUT2D eigenvalue weighted by Gasteiger charge is -2.06. The first-order chi connectivity index (χ1) is 8.06. The Morgan fingerprint density at radius 3 is 2.71 bits per heavy atom. The lowest BCUT2D eigenvalue weighted by atomic mass is 10.1. The quantitative estimate of drug-likeness (QED) is 0.823. The summed E-state index contributed by atoms with van der Waals surface area (Å²) in [4.78, 5) is 1.37. The van der Waals surface area contributed by atoms with Crippen molar-refractivity contribution in [2.75, 3.05) is 0 Å². The largest absolute Gasteiger partial charge is 0.388 e. The minimum absolute atomic E-state index is 0.283. The highest BCUT2D eigenvalue weighted by Crippen LogP contribution is 2.16. The first-order valence-corrected chi connectivity index (χ1v) is 5.51. The maximum Gasteiger partial charge on any atom is 0.177 e. The number of hydrogen-bond donors (Lipinski definition) is 1. The van der Waals surface area contributed by atoms with E-state index in [-0.39, 0.29) is 6.04 Å². The Bertz CT molecular complexity index is 488. The topological polar surface area (TPSA) is 81.6 Å². The van der Waals surface area contributed by atoms with Crippen LogP contribution in [0.2, 0.25) is 0 Å². The molecule has 0 amide bonds. The molecule has 17 heavy (non-hydrogen) atoms. The molecule has 7 nitrogen and oxygen atoms in total. The Kier molecular flexibility index (Phi) is 3.19. The van der Waals surface area contributed by atoms with E-state index in [1.165, 1.54) is 4.80 Å². The van der Waals surface area contributed by atoms with Crippen LogP contribution < -0.4 is 0 Å². The van der Waals surface area contributed by atoms with Crippen LogP contribution in [0.5, 0.6) is 0 Å². The van der Waals surface area contributed by atoms with Crippen molar-refractivity contribution in [1.29, 1.82) is 0 Å². The molecule has 0 aliphatic carbocycles. The predicted molar refractivity (Wildman–Crippen MR) is 60.1 cm³/mol. The zero-order chi connectivity index (χ0) is 12.4. The lowest BCUT2D eigenvalue weighted by Crippen LogP contribution is -2.04. The van der Waals surface area contributed by atoms with Gasteiger partial charge in [0, 0.05) is 24.2 Å². The van der Waals surface area contributed by atoms with Gasteiger partial charge in [0.2, 0.25) is 0 Å². The summed E-state index contributed by atoms with van der Waals surface area (Å²) in [5.41, 5.74) is 0.770. The molecule has 0 spiro atoms. The second kappa shape index (κ2) is 4.62. The SMILES string of the molecule is CC(C)n1cc(C(O)Cc2nnn(C)n2)cn1. The number of aromatic nitrogens is 6. The van der Waals surface area contributed by atoms with E-state index in [4.69, 9.17) is 0 Å². The van der Waals surface area contributed by atoms with E-state index >= 15 is 0 Å². The Balaban J connectivity index is 2.06. The van der Waals surface area contributed by atoms with Gasteiger partial charge in [0.1, 0.15) is 0 Å². The minimum atomic E-state index is -0.647. The molecule has 7 heteroatoms. The van der Waals surface area contributed by atoms with Gasteiger partial charge in [-0.15, -0.1) is 10.2 Å². The number of nitrogens with zero attached hydrogens (tertiary/aromatic N) is 6. The molecule has 0 aliphatic rings. The number of tetrazole rings is 1. The summed E-state index contributed by atoms with van der Waals surface area (Å²) in [5, 5.41) is 25.8. The fourth-order valence-corrected chi connectivity index (χ4v) is 1.50. The van der Waals surface area contributed by atoms with Crippen molar-refractivity contribution < 1.29 is 5.11 Å². The summed E-state index contributed by atoms with van der Waals surface area (Å²) in [5.74, 6) is 0.525. The van der Waals surface area contributed by atoms with Gasteiger partial charge in [-0.1, -0.05) is 0 Å². The van der Waals surface area contributed by atoms with Crippen LogP contribution >= 0.6 is 0 Å². The van der Waals surface area contributed by atoms with Gasteiger partial charge in [0.25, 0.3) is 0 Å². The summed E-state index contributed by atoms with van der Waals surface area (Å²) in [6.45, 7) is 4.07. The third kappa shape index (κ3) is 2.68. The first-order valence-electron chi connectivity index (χ1n) is 5.51. The fraction of sp³-hybridized carbons (Fsp3) is 0.600. The van der Waals surface area contributed by atoms with Gasteiger partial charge in [0.15, 0.2) is 5.82 Å². The van der Waals surface area contributed by atoms with Crippen LogP contribution in [0.25, 0.3) is 0 Å². The Labute approximate surface area is 99.1 Å². The van der Waals surface area contributed by atoms with E-state index in [2.05, 4.69) is 20.5 Å². The van der Waals surface area contributed by atoms with E-state index in [0.717, 1.165) is 5.56 Å². The van der Waals surface area contributed by atoms with Crippen molar-refractivity contribution in [2.24, 2.45) is 7.05 Å². The molecule has 0 saturated carbocycles. The summed E-state index contributed by atoms with van der Waals surface area (Å²) < 4.78 is 1.81. The van der Waals surface area contributed by atoms with Gasteiger partial charge in [-0.3, -0.25) is 4.68 Å². The molecule has 2 aromatic rings. The third-order valence-electron chi connectivity index (χ3n) is 2.46. The Morgan fingerprint density at radius 1 is 1.41 bits per heavy atom. The molecule has 1 atom stereocenters. The Hall–Kier alpha value is -1.76. The van der Waals surface area contributed by atoms with Crippen molar-refractivity contribution in [2.45, 2.75) is 32.4 Å². The molecule has 2 rings (SSSR count). The molecule has 92 valence electrons. The number of aliphatic hydroxyl groups excluding tert-OH is 1. The lowest BCUT2D eigenvalue weighted by molar-refractivity contribution is 0.175. The van der Waals surface area contributed by atoms with Crippen LogP contribution in [-0.2, 0) is 13.5 Å². The molecule has 0 aromatic carbocycles. The monoisotopic (exact) mass is 236 g/mol. The van der Waals surface area contributed by atoms with Crippen LogP contribution in [0, 0.1) is 0 Å². The summed E-state index contributed by atoms with van der Waals surface area (Å²) in [6.07, 6.45) is 3.20. The summed E-state index contributed by atoms with van der Waals surface area (Å²) >= 11 is 0. The number of rotatable bonds is 4. The molecular weight excluding hydrogens is 220 g/mol. The van der Waals surface area contributed by atoms with Gasteiger partial charge in [-0.25, -0.2) is 0 Å². The van der Waals surface area contributed by atoms with Gasteiger partial charge in [-0.2, -0.15) is 9.90 Å².